The SMILES string of the molecule is CCC(C)(C)c1ccc2oc(CN)cc2c1. The first-order chi connectivity index (χ1) is 7.56. The maximum Gasteiger partial charge on any atom is 0.134 e. The molecule has 1 aromatic carbocycles. The molecule has 0 aliphatic heterocycles. The molecule has 1 aromatic heterocycles. The predicted octanol–water partition coefficient (Wildman–Crippen LogP) is 3.58. The Hall–Kier alpha value is -1.28. The van der Waals surface area contributed by atoms with E-state index in [0.717, 1.165) is 23.2 Å². The Balaban J connectivity index is 2.51. The van der Waals surface area contributed by atoms with Crippen LogP contribution in [0.5, 0.6) is 0 Å². The highest BCUT2D eigenvalue weighted by Crippen LogP contribution is 2.30. The van der Waals surface area contributed by atoms with Crippen molar-refractivity contribution in [2.75, 3.05) is 0 Å². The molecule has 86 valence electrons. The molecule has 0 aliphatic carbocycles. The van der Waals surface area contributed by atoms with Gasteiger partial charge < -0.3 is 10.2 Å². The van der Waals surface area contributed by atoms with Gasteiger partial charge in [-0.2, -0.15) is 0 Å². The zero-order valence-corrected chi connectivity index (χ0v) is 10.2. The molecule has 2 heteroatoms. The van der Waals surface area contributed by atoms with Crippen molar-refractivity contribution >= 4 is 11.0 Å². The van der Waals surface area contributed by atoms with Crippen LogP contribution in [0.1, 0.15) is 38.5 Å². The van der Waals surface area contributed by atoms with Gasteiger partial charge in [0.1, 0.15) is 11.3 Å². The van der Waals surface area contributed by atoms with E-state index in [0.29, 0.717) is 6.54 Å². The highest BCUT2D eigenvalue weighted by Gasteiger charge is 2.18. The number of fused-ring (bicyclic) bond motifs is 1. The number of furan rings is 1. The van der Waals surface area contributed by atoms with E-state index in [2.05, 4.69) is 32.9 Å². The summed E-state index contributed by atoms with van der Waals surface area (Å²) in [5.74, 6) is 0.849. The quantitative estimate of drug-likeness (QED) is 0.853. The lowest BCUT2D eigenvalue weighted by atomic mass is 9.82. The lowest BCUT2D eigenvalue weighted by Crippen LogP contribution is -2.14. The summed E-state index contributed by atoms with van der Waals surface area (Å²) in [4.78, 5) is 0. The standard InChI is InChI=1S/C14H19NO/c1-4-14(2,3)11-5-6-13-10(7-11)8-12(9-15)16-13/h5-8H,4,9,15H2,1-3H3. The van der Waals surface area contributed by atoms with E-state index in [1.807, 2.05) is 12.1 Å². The van der Waals surface area contributed by atoms with Gasteiger partial charge in [0.25, 0.3) is 0 Å². The molecule has 0 saturated carbocycles. The number of nitrogens with two attached hydrogens (primary N) is 1. The minimum Gasteiger partial charge on any atom is -0.460 e. The molecular formula is C14H19NO. The van der Waals surface area contributed by atoms with Gasteiger partial charge in [0.2, 0.25) is 0 Å². The molecule has 1 heterocycles. The van der Waals surface area contributed by atoms with Crippen LogP contribution in [0.15, 0.2) is 28.7 Å². The van der Waals surface area contributed by atoms with Crippen molar-refractivity contribution in [3.63, 3.8) is 0 Å². The number of hydrogen-bond acceptors (Lipinski definition) is 2. The molecule has 0 saturated heterocycles. The summed E-state index contributed by atoms with van der Waals surface area (Å²) in [5, 5.41) is 1.15. The third-order valence-corrected chi connectivity index (χ3v) is 3.43. The summed E-state index contributed by atoms with van der Waals surface area (Å²) in [5.41, 5.74) is 8.07. The minimum absolute atomic E-state index is 0.217. The first-order valence-electron chi connectivity index (χ1n) is 5.80. The van der Waals surface area contributed by atoms with E-state index in [4.69, 9.17) is 10.2 Å². The van der Waals surface area contributed by atoms with Gasteiger partial charge in [-0.25, -0.2) is 0 Å². The fraction of sp³-hybridized carbons (Fsp3) is 0.429. The number of hydrogen-bond donors (Lipinski definition) is 1. The van der Waals surface area contributed by atoms with Gasteiger partial charge in [-0.3, -0.25) is 0 Å². The topological polar surface area (TPSA) is 39.2 Å². The zero-order chi connectivity index (χ0) is 11.8. The Morgan fingerprint density at radius 3 is 2.62 bits per heavy atom. The summed E-state index contributed by atoms with van der Waals surface area (Å²) in [6, 6.07) is 8.43. The van der Waals surface area contributed by atoms with Gasteiger partial charge in [-0.1, -0.05) is 26.8 Å². The van der Waals surface area contributed by atoms with Crippen molar-refractivity contribution in [3.8, 4) is 0 Å². The van der Waals surface area contributed by atoms with Gasteiger partial charge in [0, 0.05) is 5.39 Å². The first kappa shape index (κ1) is 11.2. The molecule has 0 atom stereocenters. The van der Waals surface area contributed by atoms with Crippen LogP contribution in [-0.2, 0) is 12.0 Å². The van der Waals surface area contributed by atoms with E-state index >= 15 is 0 Å². The fourth-order valence-electron chi connectivity index (χ4n) is 1.82. The van der Waals surface area contributed by atoms with Gasteiger partial charge >= 0.3 is 0 Å². The highest BCUT2D eigenvalue weighted by molar-refractivity contribution is 5.79. The number of rotatable bonds is 3. The lowest BCUT2D eigenvalue weighted by Gasteiger charge is -2.23. The van der Waals surface area contributed by atoms with Gasteiger partial charge in [0.15, 0.2) is 0 Å². The second-order valence-electron chi connectivity index (χ2n) is 4.91. The van der Waals surface area contributed by atoms with Crippen LogP contribution in [0, 0.1) is 0 Å². The predicted molar refractivity (Wildman–Crippen MR) is 67.4 cm³/mol. The largest absolute Gasteiger partial charge is 0.460 e. The molecule has 0 fully saturated rings. The van der Waals surface area contributed by atoms with E-state index in [9.17, 15) is 0 Å². The molecule has 2 aromatic rings. The third kappa shape index (κ3) is 1.85. The van der Waals surface area contributed by atoms with Crippen molar-refractivity contribution in [2.24, 2.45) is 5.73 Å². The van der Waals surface area contributed by atoms with Crippen LogP contribution < -0.4 is 5.73 Å². The Labute approximate surface area is 96.4 Å². The van der Waals surface area contributed by atoms with Crippen molar-refractivity contribution in [1.29, 1.82) is 0 Å². The Morgan fingerprint density at radius 1 is 1.25 bits per heavy atom. The molecule has 0 spiro atoms. The van der Waals surface area contributed by atoms with Crippen LogP contribution in [0.25, 0.3) is 11.0 Å². The average molecular weight is 217 g/mol. The van der Waals surface area contributed by atoms with Crippen molar-refractivity contribution in [3.05, 3.63) is 35.6 Å². The molecule has 0 aliphatic rings. The molecule has 2 N–H and O–H groups in total. The third-order valence-electron chi connectivity index (χ3n) is 3.43. The van der Waals surface area contributed by atoms with Crippen LogP contribution in [0.2, 0.25) is 0 Å². The van der Waals surface area contributed by atoms with Gasteiger partial charge in [0.05, 0.1) is 6.54 Å². The molecule has 16 heavy (non-hydrogen) atoms. The summed E-state index contributed by atoms with van der Waals surface area (Å²) < 4.78 is 5.59. The highest BCUT2D eigenvalue weighted by atomic mass is 16.3. The Bertz CT molecular complexity index is 496. The lowest BCUT2D eigenvalue weighted by molar-refractivity contribution is 0.506. The molecule has 0 amide bonds. The maximum atomic E-state index is 5.59. The van der Waals surface area contributed by atoms with Crippen LogP contribution >= 0.6 is 0 Å². The molecule has 0 bridgehead atoms. The first-order valence-corrected chi connectivity index (χ1v) is 5.80. The smallest absolute Gasteiger partial charge is 0.134 e. The molecule has 2 nitrogen and oxygen atoms in total. The number of benzene rings is 1. The van der Waals surface area contributed by atoms with Crippen LogP contribution in [-0.4, -0.2) is 0 Å². The van der Waals surface area contributed by atoms with Crippen molar-refractivity contribution < 1.29 is 4.42 Å². The van der Waals surface area contributed by atoms with E-state index < -0.39 is 0 Å². The average Bonchev–Trinajstić information content (AvgIpc) is 2.70. The van der Waals surface area contributed by atoms with Crippen molar-refractivity contribution in [1.82, 2.24) is 0 Å². The summed E-state index contributed by atoms with van der Waals surface area (Å²) in [7, 11) is 0. The van der Waals surface area contributed by atoms with E-state index in [-0.39, 0.29) is 5.41 Å². The zero-order valence-electron chi connectivity index (χ0n) is 10.2. The van der Waals surface area contributed by atoms with Crippen molar-refractivity contribution in [2.45, 2.75) is 39.2 Å². The molecular weight excluding hydrogens is 198 g/mol. The minimum atomic E-state index is 0.217. The van der Waals surface area contributed by atoms with E-state index in [1.165, 1.54) is 5.56 Å². The van der Waals surface area contributed by atoms with E-state index in [1.54, 1.807) is 0 Å². The summed E-state index contributed by atoms with van der Waals surface area (Å²) >= 11 is 0. The normalized spacial score (nSPS) is 12.2. The van der Waals surface area contributed by atoms with Crippen LogP contribution in [0.4, 0.5) is 0 Å². The fourth-order valence-corrected chi connectivity index (χ4v) is 1.82. The maximum absolute atomic E-state index is 5.59. The second-order valence-corrected chi connectivity index (χ2v) is 4.91. The molecule has 0 unspecified atom stereocenters. The van der Waals surface area contributed by atoms with Crippen LogP contribution in [0.3, 0.4) is 0 Å². The van der Waals surface area contributed by atoms with Gasteiger partial charge in [-0.05, 0) is 35.6 Å². The summed E-state index contributed by atoms with van der Waals surface area (Å²) in [6.07, 6.45) is 1.13. The Kier molecular flexibility index (Phi) is 2.76. The molecule has 0 radical (unpaired) electrons. The molecule has 2 rings (SSSR count). The van der Waals surface area contributed by atoms with Gasteiger partial charge in [-0.15, -0.1) is 0 Å². The second kappa shape index (κ2) is 3.95. The monoisotopic (exact) mass is 217 g/mol. The summed E-state index contributed by atoms with van der Waals surface area (Å²) in [6.45, 7) is 7.20. The Morgan fingerprint density at radius 2 is 2.00 bits per heavy atom.